The van der Waals surface area contributed by atoms with E-state index in [1.807, 2.05) is 13.8 Å². The van der Waals surface area contributed by atoms with Gasteiger partial charge >= 0.3 is 0 Å². The van der Waals surface area contributed by atoms with E-state index in [1.165, 1.54) is 12.1 Å². The molecule has 0 amide bonds. The molecule has 0 saturated carbocycles. The monoisotopic (exact) mass is 374 g/mol. The van der Waals surface area contributed by atoms with Crippen molar-refractivity contribution in [1.82, 2.24) is 4.98 Å². The summed E-state index contributed by atoms with van der Waals surface area (Å²) in [5, 5.41) is 11.3. The third kappa shape index (κ3) is 4.54. The number of thiazole rings is 1. The number of rotatable bonds is 4. The van der Waals surface area contributed by atoms with Gasteiger partial charge in [0.1, 0.15) is 0 Å². The molecule has 1 heterocycles. The third-order valence-electron chi connectivity index (χ3n) is 3.85. The zero-order valence-electron chi connectivity index (χ0n) is 15.5. The van der Waals surface area contributed by atoms with Gasteiger partial charge in [-0.05, 0) is 17.6 Å². The molecule has 6 nitrogen and oxygen atoms in total. The van der Waals surface area contributed by atoms with Gasteiger partial charge < -0.3 is 4.98 Å². The first-order valence-electron chi connectivity index (χ1n) is 8.24. The zero-order chi connectivity index (χ0) is 19.6. The summed E-state index contributed by atoms with van der Waals surface area (Å²) in [7, 11) is 0. The standard InChI is InChI=1S/C19H22N2O4S/c1-11(2)13-7-6-12(8-14(13)21(24)25)9-15-18(23)20-17(26-15)10-16(22)19(3,4)5/h6-11H,1-5H3,(H,20,23). The first-order chi connectivity index (χ1) is 12.0. The molecule has 0 bridgehead atoms. The van der Waals surface area contributed by atoms with Crippen LogP contribution in [0, 0.1) is 15.5 Å². The van der Waals surface area contributed by atoms with E-state index in [-0.39, 0.29) is 22.9 Å². The van der Waals surface area contributed by atoms with E-state index in [9.17, 15) is 19.7 Å². The summed E-state index contributed by atoms with van der Waals surface area (Å²) in [6.45, 7) is 9.20. The molecule has 0 saturated heterocycles. The Labute approximate surface area is 155 Å². The number of ketones is 1. The van der Waals surface area contributed by atoms with Gasteiger partial charge in [0.25, 0.3) is 11.2 Å². The second-order valence-corrected chi connectivity index (χ2v) is 8.50. The number of benzene rings is 1. The van der Waals surface area contributed by atoms with Crippen LogP contribution < -0.4 is 14.8 Å². The molecule has 0 aliphatic rings. The molecule has 26 heavy (non-hydrogen) atoms. The highest BCUT2D eigenvalue weighted by Gasteiger charge is 2.19. The van der Waals surface area contributed by atoms with Gasteiger partial charge in [0.15, 0.2) is 5.78 Å². The van der Waals surface area contributed by atoms with Gasteiger partial charge in [-0.15, -0.1) is 11.3 Å². The van der Waals surface area contributed by atoms with Crippen LogP contribution in [0.15, 0.2) is 23.0 Å². The zero-order valence-corrected chi connectivity index (χ0v) is 16.3. The summed E-state index contributed by atoms with van der Waals surface area (Å²) >= 11 is 1.15. The fourth-order valence-electron chi connectivity index (χ4n) is 2.31. The van der Waals surface area contributed by atoms with Crippen LogP contribution in [0.1, 0.15) is 51.7 Å². The van der Waals surface area contributed by atoms with Crippen LogP contribution in [0.3, 0.4) is 0 Å². The van der Waals surface area contributed by atoms with E-state index in [0.717, 1.165) is 11.3 Å². The predicted molar refractivity (Wildman–Crippen MR) is 104 cm³/mol. The van der Waals surface area contributed by atoms with Crippen molar-refractivity contribution in [1.29, 1.82) is 0 Å². The number of Topliss-reactive ketones (excluding diaryl/α,β-unsaturated/α-hetero) is 1. The number of carbonyl (C=O) groups excluding carboxylic acids is 1. The lowest BCUT2D eigenvalue weighted by molar-refractivity contribution is -0.385. The Morgan fingerprint density at radius 3 is 2.50 bits per heavy atom. The van der Waals surface area contributed by atoms with Gasteiger partial charge in [0, 0.05) is 23.1 Å². The summed E-state index contributed by atoms with van der Waals surface area (Å²) < 4.78 is 0.860. The number of aromatic nitrogens is 1. The number of H-pyrrole nitrogens is 1. The van der Waals surface area contributed by atoms with Crippen LogP contribution >= 0.6 is 11.3 Å². The van der Waals surface area contributed by atoms with Crippen molar-refractivity contribution in [2.75, 3.05) is 0 Å². The van der Waals surface area contributed by atoms with Gasteiger partial charge in [-0.1, -0.05) is 46.8 Å². The summed E-state index contributed by atoms with van der Waals surface area (Å²) in [5.74, 6) is -0.0577. The Kier molecular flexibility index (Phi) is 5.61. The molecule has 0 fully saturated rings. The predicted octanol–water partition coefficient (Wildman–Crippen LogP) is 2.69. The van der Waals surface area contributed by atoms with E-state index in [1.54, 1.807) is 39.0 Å². The van der Waals surface area contributed by atoms with Crippen LogP contribution in [0.25, 0.3) is 12.2 Å². The van der Waals surface area contributed by atoms with Crippen LogP contribution in [-0.4, -0.2) is 15.7 Å². The van der Waals surface area contributed by atoms with Crippen LogP contribution in [0.4, 0.5) is 5.69 Å². The first-order valence-corrected chi connectivity index (χ1v) is 9.06. The van der Waals surface area contributed by atoms with Gasteiger partial charge in [-0.2, -0.15) is 0 Å². The van der Waals surface area contributed by atoms with E-state index in [0.29, 0.717) is 20.3 Å². The quantitative estimate of drug-likeness (QED) is 0.658. The van der Waals surface area contributed by atoms with E-state index in [4.69, 9.17) is 0 Å². The number of nitro groups is 1. The molecule has 0 unspecified atom stereocenters. The fraction of sp³-hybridized carbons (Fsp3) is 0.368. The highest BCUT2D eigenvalue weighted by Crippen LogP contribution is 2.27. The lowest BCUT2D eigenvalue weighted by Gasteiger charge is -2.12. The number of hydrogen-bond acceptors (Lipinski definition) is 5. The Hall–Kier alpha value is -2.54. The molecule has 2 aromatic rings. The number of carbonyl (C=O) groups is 1. The topological polar surface area (TPSA) is 93.1 Å². The van der Waals surface area contributed by atoms with Gasteiger partial charge in [-0.25, -0.2) is 0 Å². The smallest absolute Gasteiger partial charge is 0.273 e. The van der Waals surface area contributed by atoms with Gasteiger partial charge in [-0.3, -0.25) is 19.7 Å². The molecule has 0 radical (unpaired) electrons. The molecule has 138 valence electrons. The van der Waals surface area contributed by atoms with Crippen molar-refractivity contribution in [3.63, 3.8) is 0 Å². The second kappa shape index (κ2) is 7.37. The fourth-order valence-corrected chi connectivity index (χ4v) is 3.19. The maximum absolute atomic E-state index is 12.1. The minimum atomic E-state index is -0.530. The highest BCUT2D eigenvalue weighted by molar-refractivity contribution is 7.07. The van der Waals surface area contributed by atoms with Crippen LogP contribution in [0.2, 0.25) is 0 Å². The number of nitrogens with one attached hydrogen (secondary N) is 1. The summed E-state index contributed by atoms with van der Waals surface area (Å²) in [6.07, 6.45) is 3.02. The Morgan fingerprint density at radius 2 is 1.96 bits per heavy atom. The second-order valence-electron chi connectivity index (χ2n) is 7.42. The molecular formula is C19H22N2O4S. The molecule has 0 atom stereocenters. The van der Waals surface area contributed by atoms with Crippen molar-refractivity contribution in [2.45, 2.75) is 40.5 Å². The highest BCUT2D eigenvalue weighted by atomic mass is 32.1. The van der Waals surface area contributed by atoms with Gasteiger partial charge in [0.05, 0.1) is 14.1 Å². The molecule has 0 aliphatic carbocycles. The van der Waals surface area contributed by atoms with Crippen molar-refractivity contribution in [2.24, 2.45) is 5.41 Å². The average Bonchev–Trinajstić information content (AvgIpc) is 2.85. The van der Waals surface area contributed by atoms with E-state index in [2.05, 4.69) is 4.98 Å². The summed E-state index contributed by atoms with van der Waals surface area (Å²) in [6, 6.07) is 4.94. The number of nitrogens with zero attached hydrogens (tertiary/aromatic N) is 1. The van der Waals surface area contributed by atoms with Crippen molar-refractivity contribution >= 4 is 35.0 Å². The normalized spacial score (nSPS) is 13.5. The Balaban J connectivity index is 2.54. The lowest BCUT2D eigenvalue weighted by Crippen LogP contribution is -2.22. The first kappa shape index (κ1) is 19.8. The van der Waals surface area contributed by atoms with Crippen molar-refractivity contribution in [3.8, 4) is 0 Å². The largest absolute Gasteiger partial charge is 0.313 e. The van der Waals surface area contributed by atoms with E-state index < -0.39 is 10.3 Å². The van der Waals surface area contributed by atoms with Crippen molar-refractivity contribution in [3.05, 3.63) is 59.0 Å². The van der Waals surface area contributed by atoms with Crippen LogP contribution in [-0.2, 0) is 4.79 Å². The Morgan fingerprint density at radius 1 is 1.31 bits per heavy atom. The molecule has 1 aromatic heterocycles. The molecule has 0 spiro atoms. The average molecular weight is 374 g/mol. The van der Waals surface area contributed by atoms with Gasteiger partial charge in [0.2, 0.25) is 0 Å². The Bertz CT molecular complexity index is 1020. The maximum Gasteiger partial charge on any atom is 0.273 e. The minimum Gasteiger partial charge on any atom is -0.313 e. The molecule has 7 heteroatoms. The number of hydrogen-bond donors (Lipinski definition) is 1. The minimum absolute atomic E-state index is 0.0270. The number of nitro benzene ring substituents is 1. The summed E-state index contributed by atoms with van der Waals surface area (Å²) in [5.41, 5.74) is 0.409. The molecule has 1 aromatic carbocycles. The maximum atomic E-state index is 12.1. The van der Waals surface area contributed by atoms with E-state index >= 15 is 0 Å². The number of aromatic amines is 1. The molecular weight excluding hydrogens is 352 g/mol. The molecule has 1 N–H and O–H groups in total. The lowest BCUT2D eigenvalue weighted by atomic mass is 9.91. The molecule has 0 aliphatic heterocycles. The van der Waals surface area contributed by atoms with Crippen LogP contribution in [0.5, 0.6) is 0 Å². The molecule has 2 rings (SSSR count). The summed E-state index contributed by atoms with van der Waals surface area (Å²) in [4.78, 5) is 37.8. The third-order valence-corrected chi connectivity index (χ3v) is 4.82. The SMILES string of the molecule is CC(C)c1ccc(C=c2sc(=CC(=O)C(C)(C)C)[nH]c2=O)cc1[N+](=O)[O-]. The van der Waals surface area contributed by atoms with Crippen molar-refractivity contribution < 1.29 is 9.72 Å².